The van der Waals surface area contributed by atoms with E-state index in [2.05, 4.69) is 10.0 Å². The number of halogens is 1. The zero-order chi connectivity index (χ0) is 20.6. The summed E-state index contributed by atoms with van der Waals surface area (Å²) in [6.45, 7) is 1.90. The number of hydrogen-bond acceptors (Lipinski definition) is 4. The van der Waals surface area contributed by atoms with Crippen LogP contribution in [0.15, 0.2) is 60.7 Å². The molecule has 0 radical (unpaired) electrons. The smallest absolute Gasteiger partial charge is 0.259 e. The lowest BCUT2D eigenvalue weighted by atomic mass is 10.1. The summed E-state index contributed by atoms with van der Waals surface area (Å²) in [5.41, 5.74) is 2.39. The molecular formula is C21H17FN2O4S. The van der Waals surface area contributed by atoms with Crippen LogP contribution in [-0.2, 0) is 15.8 Å². The molecule has 0 saturated carbocycles. The average Bonchev–Trinajstić information content (AvgIpc) is 2.79. The number of anilines is 2. The number of amides is 1. The molecular weight excluding hydrogens is 395 g/mol. The summed E-state index contributed by atoms with van der Waals surface area (Å²) in [6.07, 6.45) is 0. The molecule has 0 fully saturated rings. The van der Waals surface area contributed by atoms with Crippen molar-refractivity contribution in [1.82, 2.24) is 0 Å². The lowest BCUT2D eigenvalue weighted by Gasteiger charge is -2.11. The molecule has 1 aliphatic rings. The third-order valence-electron chi connectivity index (χ3n) is 4.37. The van der Waals surface area contributed by atoms with Gasteiger partial charge in [-0.25, -0.2) is 12.8 Å². The topological polar surface area (TPSA) is 84.5 Å². The number of aryl methyl sites for hydroxylation is 1. The fraction of sp³-hybridized carbons (Fsp3) is 0.0952. The van der Waals surface area contributed by atoms with Gasteiger partial charge in [0.1, 0.15) is 11.6 Å². The Bertz CT molecular complexity index is 1210. The van der Waals surface area contributed by atoms with Gasteiger partial charge in [-0.3, -0.25) is 9.52 Å². The van der Waals surface area contributed by atoms with Crippen molar-refractivity contribution < 1.29 is 22.3 Å². The van der Waals surface area contributed by atoms with E-state index in [-0.39, 0.29) is 17.0 Å². The third-order valence-corrected chi connectivity index (χ3v) is 5.63. The summed E-state index contributed by atoms with van der Waals surface area (Å²) in [7, 11) is -3.76. The molecule has 1 heterocycles. The highest BCUT2D eigenvalue weighted by Crippen LogP contribution is 2.37. The van der Waals surface area contributed by atoms with Crippen molar-refractivity contribution in [2.24, 2.45) is 0 Å². The Balaban J connectivity index is 1.58. The van der Waals surface area contributed by atoms with Crippen molar-refractivity contribution >= 4 is 27.3 Å². The lowest BCUT2D eigenvalue weighted by Crippen LogP contribution is -2.16. The van der Waals surface area contributed by atoms with Crippen LogP contribution in [0.1, 0.15) is 21.5 Å². The number of rotatable bonds is 4. The highest BCUT2D eigenvalue weighted by atomic mass is 32.2. The van der Waals surface area contributed by atoms with Crippen LogP contribution in [0, 0.1) is 12.7 Å². The van der Waals surface area contributed by atoms with E-state index in [0.717, 1.165) is 5.56 Å². The first-order valence-electron chi connectivity index (χ1n) is 8.78. The minimum atomic E-state index is -3.76. The molecule has 3 aromatic rings. The molecule has 0 atom stereocenters. The minimum absolute atomic E-state index is 0.209. The van der Waals surface area contributed by atoms with E-state index in [1.54, 1.807) is 18.2 Å². The molecule has 0 unspecified atom stereocenters. The molecule has 0 spiro atoms. The van der Waals surface area contributed by atoms with Gasteiger partial charge in [0.05, 0.1) is 17.0 Å². The monoisotopic (exact) mass is 412 g/mol. The van der Waals surface area contributed by atoms with E-state index >= 15 is 0 Å². The summed E-state index contributed by atoms with van der Waals surface area (Å²) >= 11 is 0. The first-order valence-corrected chi connectivity index (χ1v) is 10.4. The SMILES string of the molecule is Cc1ccc2c(c1)NC(=O)c1cc(NS(=O)(=O)Cc3ccc(F)cc3)ccc1O2. The van der Waals surface area contributed by atoms with Crippen molar-refractivity contribution in [2.75, 3.05) is 10.0 Å². The number of benzene rings is 3. The predicted octanol–water partition coefficient (Wildman–Crippen LogP) is 4.43. The van der Waals surface area contributed by atoms with Crippen molar-refractivity contribution in [1.29, 1.82) is 0 Å². The Morgan fingerprint density at radius 3 is 2.48 bits per heavy atom. The maximum atomic E-state index is 13.0. The van der Waals surface area contributed by atoms with Crippen LogP contribution in [0.4, 0.5) is 15.8 Å². The van der Waals surface area contributed by atoms with Gasteiger partial charge in [0.15, 0.2) is 5.75 Å². The van der Waals surface area contributed by atoms with Gasteiger partial charge in [-0.05, 0) is 60.5 Å². The van der Waals surface area contributed by atoms with Crippen LogP contribution in [0.2, 0.25) is 0 Å². The van der Waals surface area contributed by atoms with Gasteiger partial charge in [0.2, 0.25) is 10.0 Å². The van der Waals surface area contributed by atoms with Gasteiger partial charge in [-0.2, -0.15) is 0 Å². The van der Waals surface area contributed by atoms with Crippen LogP contribution in [0.5, 0.6) is 11.5 Å². The van der Waals surface area contributed by atoms with Crippen molar-refractivity contribution in [3.63, 3.8) is 0 Å². The summed E-state index contributed by atoms with van der Waals surface area (Å²) in [6, 6.07) is 15.1. The summed E-state index contributed by atoms with van der Waals surface area (Å²) in [5, 5.41) is 2.78. The lowest BCUT2D eigenvalue weighted by molar-refractivity contribution is 0.102. The Hall–Kier alpha value is -3.39. The minimum Gasteiger partial charge on any atom is -0.454 e. The number of sulfonamides is 1. The number of carbonyl (C=O) groups excluding carboxylic acids is 1. The highest BCUT2D eigenvalue weighted by molar-refractivity contribution is 7.91. The standard InChI is InChI=1S/C21H17FN2O4S/c1-13-2-8-20-18(10-13)23-21(25)17-11-16(7-9-19(17)28-20)24-29(26,27)12-14-3-5-15(22)6-4-14/h2-11,24H,12H2,1H3,(H,23,25). The van der Waals surface area contributed by atoms with E-state index in [4.69, 9.17) is 4.74 Å². The van der Waals surface area contributed by atoms with Gasteiger partial charge in [0, 0.05) is 5.69 Å². The van der Waals surface area contributed by atoms with Gasteiger partial charge < -0.3 is 10.1 Å². The molecule has 1 amide bonds. The first kappa shape index (κ1) is 18.9. The molecule has 0 aliphatic carbocycles. The second-order valence-electron chi connectivity index (χ2n) is 6.75. The molecule has 0 aromatic heterocycles. The first-order chi connectivity index (χ1) is 13.8. The summed E-state index contributed by atoms with van der Waals surface area (Å²) in [4.78, 5) is 12.6. The quantitative estimate of drug-likeness (QED) is 0.664. The predicted molar refractivity (Wildman–Crippen MR) is 108 cm³/mol. The number of hydrogen-bond donors (Lipinski definition) is 2. The van der Waals surface area contributed by atoms with E-state index in [9.17, 15) is 17.6 Å². The van der Waals surface area contributed by atoms with Gasteiger partial charge >= 0.3 is 0 Å². The van der Waals surface area contributed by atoms with E-state index < -0.39 is 21.7 Å². The van der Waals surface area contributed by atoms with Crippen LogP contribution < -0.4 is 14.8 Å². The molecule has 29 heavy (non-hydrogen) atoms. The van der Waals surface area contributed by atoms with Crippen LogP contribution in [-0.4, -0.2) is 14.3 Å². The molecule has 2 N–H and O–H groups in total. The fourth-order valence-electron chi connectivity index (χ4n) is 3.01. The summed E-state index contributed by atoms with van der Waals surface area (Å²) < 4.78 is 46.2. The summed E-state index contributed by atoms with van der Waals surface area (Å²) in [5.74, 6) is -0.326. The Morgan fingerprint density at radius 2 is 1.72 bits per heavy atom. The maximum Gasteiger partial charge on any atom is 0.259 e. The molecule has 4 rings (SSSR count). The number of nitrogens with one attached hydrogen (secondary N) is 2. The largest absolute Gasteiger partial charge is 0.454 e. The molecule has 0 bridgehead atoms. The second kappa shape index (κ2) is 7.21. The van der Waals surface area contributed by atoms with E-state index in [1.807, 2.05) is 13.0 Å². The molecule has 6 nitrogen and oxygen atoms in total. The third kappa shape index (κ3) is 4.22. The highest BCUT2D eigenvalue weighted by Gasteiger charge is 2.22. The van der Waals surface area contributed by atoms with Crippen LogP contribution in [0.25, 0.3) is 0 Å². The van der Waals surface area contributed by atoms with Crippen molar-refractivity contribution in [2.45, 2.75) is 12.7 Å². The number of carbonyl (C=O) groups is 1. The van der Waals surface area contributed by atoms with E-state index in [0.29, 0.717) is 22.7 Å². The molecule has 1 aliphatic heterocycles. The van der Waals surface area contributed by atoms with Gasteiger partial charge in [-0.1, -0.05) is 18.2 Å². The Kier molecular flexibility index (Phi) is 4.71. The maximum absolute atomic E-state index is 13.0. The zero-order valence-corrected chi connectivity index (χ0v) is 16.2. The molecule has 8 heteroatoms. The Labute approximate surface area is 167 Å². The van der Waals surface area contributed by atoms with Gasteiger partial charge in [0.25, 0.3) is 5.91 Å². The molecule has 0 saturated heterocycles. The number of ether oxygens (including phenoxy) is 1. The molecule has 148 valence electrons. The Morgan fingerprint density at radius 1 is 1.00 bits per heavy atom. The van der Waals surface area contributed by atoms with Crippen LogP contribution >= 0.6 is 0 Å². The van der Waals surface area contributed by atoms with Crippen LogP contribution in [0.3, 0.4) is 0 Å². The van der Waals surface area contributed by atoms with E-state index in [1.165, 1.54) is 36.4 Å². The van der Waals surface area contributed by atoms with Crippen molar-refractivity contribution in [3.8, 4) is 11.5 Å². The fourth-order valence-corrected chi connectivity index (χ4v) is 4.20. The zero-order valence-electron chi connectivity index (χ0n) is 15.4. The normalized spacial score (nSPS) is 12.8. The number of fused-ring (bicyclic) bond motifs is 2. The second-order valence-corrected chi connectivity index (χ2v) is 8.48. The van der Waals surface area contributed by atoms with Gasteiger partial charge in [-0.15, -0.1) is 0 Å². The average molecular weight is 412 g/mol. The van der Waals surface area contributed by atoms with Crippen molar-refractivity contribution in [3.05, 3.63) is 83.2 Å². The molecule has 3 aromatic carbocycles.